The molecule has 0 amide bonds. The van der Waals surface area contributed by atoms with E-state index in [1.807, 2.05) is 27.7 Å². The van der Waals surface area contributed by atoms with Gasteiger partial charge in [0.1, 0.15) is 34.2 Å². The predicted octanol–water partition coefficient (Wildman–Crippen LogP) is 17.9. The number of carbonyl (C=O) groups is 2. The third-order valence-corrected chi connectivity index (χ3v) is 16.6. The predicted molar refractivity (Wildman–Crippen MR) is 286 cm³/mol. The Morgan fingerprint density at radius 1 is 0.441 bits per heavy atom. The van der Waals surface area contributed by atoms with Crippen LogP contribution in [0.4, 0.5) is 0 Å². The van der Waals surface area contributed by atoms with Crippen molar-refractivity contribution in [3.05, 3.63) is 44.5 Å². The molecule has 6 atom stereocenters. The summed E-state index contributed by atoms with van der Waals surface area (Å²) >= 11 is 0. The van der Waals surface area contributed by atoms with Crippen LogP contribution in [0.2, 0.25) is 0 Å². The van der Waals surface area contributed by atoms with Gasteiger partial charge in [0.25, 0.3) is 0 Å². The summed E-state index contributed by atoms with van der Waals surface area (Å²) in [6.45, 7) is 35.8. The molecule has 0 fully saturated rings. The maximum Gasteiger partial charge on any atom is 0.311 e. The van der Waals surface area contributed by atoms with Crippen molar-refractivity contribution in [3.63, 3.8) is 0 Å². The molecule has 4 rings (SSSR count). The Morgan fingerprint density at radius 3 is 1.04 bits per heavy atom. The molecular formula is C62H102O6. The van der Waals surface area contributed by atoms with Crippen molar-refractivity contribution in [1.29, 1.82) is 0 Å². The van der Waals surface area contributed by atoms with Gasteiger partial charge >= 0.3 is 11.9 Å². The maximum absolute atomic E-state index is 13.4. The molecule has 0 saturated carbocycles. The second kappa shape index (κ2) is 27.0. The molecule has 2 aliphatic rings. The van der Waals surface area contributed by atoms with Gasteiger partial charge < -0.3 is 18.9 Å². The second-order valence-electron chi connectivity index (χ2n) is 24.3. The molecule has 68 heavy (non-hydrogen) atoms. The Bertz CT molecular complexity index is 1790. The average Bonchev–Trinajstić information content (AvgIpc) is 3.26. The Kier molecular flexibility index (Phi) is 22.8. The van der Waals surface area contributed by atoms with Gasteiger partial charge in [-0.05, 0) is 176 Å². The lowest BCUT2D eigenvalue weighted by molar-refractivity contribution is -0.140. The summed E-state index contributed by atoms with van der Waals surface area (Å²) in [7, 11) is 0. The highest BCUT2D eigenvalue weighted by Crippen LogP contribution is 2.47. The largest absolute Gasteiger partial charge is 0.487 e. The van der Waals surface area contributed by atoms with E-state index in [0.29, 0.717) is 11.5 Å². The van der Waals surface area contributed by atoms with E-state index in [1.54, 1.807) is 0 Å². The van der Waals surface area contributed by atoms with Crippen LogP contribution >= 0.6 is 0 Å². The topological polar surface area (TPSA) is 71.1 Å². The third kappa shape index (κ3) is 17.4. The summed E-state index contributed by atoms with van der Waals surface area (Å²) in [5, 5.41) is 0. The Balaban J connectivity index is 1.24. The lowest BCUT2D eigenvalue weighted by atomic mass is 9.83. The molecule has 386 valence electrons. The third-order valence-electron chi connectivity index (χ3n) is 16.6. The number of hydrogen-bond donors (Lipinski definition) is 0. The highest BCUT2D eigenvalue weighted by Gasteiger charge is 2.37. The standard InChI is InChI=1S/C62H102O6/c1-41(2)23-17-25-43(5)27-19-29-45(7)31-21-37-61(15)39-35-53-51(13)57(47(9)49(11)59(53)67-61)65-55(63)33-34-56(64)66-58-48(10)50(12)60-54(52(58)14)36-40-62(16,68-60)38-22-32-46(8)30-20-28-44(6)26-18-24-42(3)4/h41-46H,17-40H2,1-16H3/t43-,44+,45-,46+,61-,62+. The molecule has 2 aromatic rings. The summed E-state index contributed by atoms with van der Waals surface area (Å²) in [5.41, 5.74) is 7.67. The molecule has 0 unspecified atom stereocenters. The highest BCUT2D eigenvalue weighted by molar-refractivity contribution is 5.81. The normalized spacial score (nSPS) is 19.7. The van der Waals surface area contributed by atoms with Gasteiger partial charge in [0.15, 0.2) is 0 Å². The van der Waals surface area contributed by atoms with E-state index in [2.05, 4.69) is 83.1 Å². The van der Waals surface area contributed by atoms with Gasteiger partial charge in [-0.3, -0.25) is 9.59 Å². The lowest BCUT2D eigenvalue weighted by Gasteiger charge is -2.38. The molecule has 6 nitrogen and oxygen atoms in total. The van der Waals surface area contributed by atoms with Gasteiger partial charge in [-0.1, -0.05) is 145 Å². The summed E-state index contributed by atoms with van der Waals surface area (Å²) in [6.07, 6.45) is 26.6. The lowest BCUT2D eigenvalue weighted by Crippen LogP contribution is -2.37. The summed E-state index contributed by atoms with van der Waals surface area (Å²) < 4.78 is 25.9. The van der Waals surface area contributed by atoms with Gasteiger partial charge in [0, 0.05) is 11.1 Å². The molecule has 2 aliphatic heterocycles. The van der Waals surface area contributed by atoms with Crippen molar-refractivity contribution < 1.29 is 28.5 Å². The fourth-order valence-electron chi connectivity index (χ4n) is 11.4. The average molecular weight is 943 g/mol. The summed E-state index contributed by atoms with van der Waals surface area (Å²) in [5.74, 6) is 7.04. The fraction of sp³-hybridized carbons (Fsp3) is 0.774. The quantitative estimate of drug-likeness (QED) is 0.0598. The van der Waals surface area contributed by atoms with Gasteiger partial charge in [-0.15, -0.1) is 0 Å². The van der Waals surface area contributed by atoms with Gasteiger partial charge in [-0.25, -0.2) is 0 Å². The number of benzene rings is 2. The van der Waals surface area contributed by atoms with Gasteiger partial charge in [-0.2, -0.15) is 0 Å². The van der Waals surface area contributed by atoms with E-state index in [9.17, 15) is 9.59 Å². The van der Waals surface area contributed by atoms with Crippen molar-refractivity contribution in [1.82, 2.24) is 0 Å². The van der Waals surface area contributed by atoms with Crippen LogP contribution in [0, 0.1) is 77.0 Å². The molecular weight excluding hydrogens is 841 g/mol. The first kappa shape index (κ1) is 57.6. The first-order chi connectivity index (χ1) is 32.0. The first-order valence-corrected chi connectivity index (χ1v) is 28.1. The molecule has 0 aromatic heterocycles. The van der Waals surface area contributed by atoms with Crippen LogP contribution in [-0.4, -0.2) is 23.1 Å². The Hall–Kier alpha value is -3.02. The minimum Gasteiger partial charge on any atom is -0.487 e. The Labute approximate surface area is 418 Å². The van der Waals surface area contributed by atoms with Crippen LogP contribution in [0.15, 0.2) is 0 Å². The number of ether oxygens (including phenoxy) is 4. The van der Waals surface area contributed by atoms with E-state index >= 15 is 0 Å². The van der Waals surface area contributed by atoms with Crippen molar-refractivity contribution in [2.75, 3.05) is 0 Å². The van der Waals surface area contributed by atoms with E-state index in [4.69, 9.17) is 18.9 Å². The van der Waals surface area contributed by atoms with Crippen LogP contribution in [0.5, 0.6) is 23.0 Å². The number of carbonyl (C=O) groups excluding carboxylic acids is 2. The molecule has 2 heterocycles. The SMILES string of the molecule is Cc1c(C)c2c(c(C)c1OC(=O)CCC(=O)Oc1c(C)c(C)c3c(c1C)CC[C@@](C)(CCC[C@H](C)CCC[C@H](C)CCCC(C)C)O3)CC[C@](C)(CCC[C@@H](C)CCC[C@@H](C)CCCC(C)C)O2. The highest BCUT2D eigenvalue weighted by atomic mass is 16.5. The molecule has 0 spiro atoms. The van der Waals surface area contributed by atoms with Crippen LogP contribution in [0.3, 0.4) is 0 Å². The monoisotopic (exact) mass is 943 g/mol. The number of esters is 2. The van der Waals surface area contributed by atoms with Crippen LogP contribution in [0.1, 0.15) is 255 Å². The zero-order valence-corrected chi connectivity index (χ0v) is 46.9. The number of hydrogen-bond acceptors (Lipinski definition) is 6. The van der Waals surface area contributed by atoms with E-state index in [0.717, 1.165) is 130 Å². The zero-order valence-electron chi connectivity index (χ0n) is 46.9. The summed E-state index contributed by atoms with van der Waals surface area (Å²) in [6, 6.07) is 0. The molecule has 0 saturated heterocycles. The van der Waals surface area contributed by atoms with E-state index in [1.165, 1.54) is 103 Å². The second-order valence-corrected chi connectivity index (χ2v) is 24.3. The molecule has 0 bridgehead atoms. The van der Waals surface area contributed by atoms with E-state index in [-0.39, 0.29) is 24.0 Å². The minimum atomic E-state index is -0.428. The molecule has 6 heteroatoms. The molecule has 2 aromatic carbocycles. The van der Waals surface area contributed by atoms with Crippen molar-refractivity contribution in [2.45, 2.75) is 276 Å². The number of rotatable bonds is 29. The smallest absolute Gasteiger partial charge is 0.311 e. The van der Waals surface area contributed by atoms with Crippen molar-refractivity contribution >= 4 is 11.9 Å². The summed E-state index contributed by atoms with van der Waals surface area (Å²) in [4.78, 5) is 26.8. The Morgan fingerprint density at radius 2 is 0.735 bits per heavy atom. The van der Waals surface area contributed by atoms with Crippen LogP contribution in [0.25, 0.3) is 0 Å². The zero-order chi connectivity index (χ0) is 50.3. The first-order valence-electron chi connectivity index (χ1n) is 28.1. The maximum atomic E-state index is 13.4. The minimum absolute atomic E-state index is 0.0577. The van der Waals surface area contributed by atoms with Crippen LogP contribution in [-0.2, 0) is 22.4 Å². The van der Waals surface area contributed by atoms with E-state index < -0.39 is 11.9 Å². The molecule has 0 radical (unpaired) electrons. The van der Waals surface area contributed by atoms with Crippen molar-refractivity contribution in [2.24, 2.45) is 35.5 Å². The van der Waals surface area contributed by atoms with Gasteiger partial charge in [0.2, 0.25) is 0 Å². The van der Waals surface area contributed by atoms with Crippen molar-refractivity contribution in [3.8, 4) is 23.0 Å². The fourth-order valence-corrected chi connectivity index (χ4v) is 11.4. The van der Waals surface area contributed by atoms with Gasteiger partial charge in [0.05, 0.1) is 12.8 Å². The molecule has 0 N–H and O–H groups in total. The molecule has 0 aliphatic carbocycles. The number of fused-ring (bicyclic) bond motifs is 2. The van der Waals surface area contributed by atoms with Crippen LogP contribution < -0.4 is 18.9 Å².